The van der Waals surface area contributed by atoms with Crippen molar-refractivity contribution in [2.75, 3.05) is 5.88 Å². The number of alkyl halides is 4. The third kappa shape index (κ3) is 3.21. The van der Waals surface area contributed by atoms with E-state index in [2.05, 4.69) is 4.98 Å². The second-order valence-electron chi connectivity index (χ2n) is 3.48. The van der Waals surface area contributed by atoms with Gasteiger partial charge in [-0.2, -0.15) is 13.2 Å². The third-order valence-corrected chi connectivity index (χ3v) is 2.44. The van der Waals surface area contributed by atoms with Crippen LogP contribution in [0.3, 0.4) is 0 Å². The minimum Gasteiger partial charge on any atom is -0.390 e. The summed E-state index contributed by atoms with van der Waals surface area (Å²) in [7, 11) is 0. The van der Waals surface area contributed by atoms with Crippen LogP contribution >= 0.6 is 11.6 Å². The minimum atomic E-state index is -4.90. The normalized spacial score (nSPS) is 15.4. The Hall–Kier alpha value is -1.12. The maximum absolute atomic E-state index is 12.6. The third-order valence-electron chi connectivity index (χ3n) is 2.22. The summed E-state index contributed by atoms with van der Waals surface area (Å²) in [5.41, 5.74) is -3.69. The van der Waals surface area contributed by atoms with E-state index in [-0.39, 0.29) is 12.3 Å². The number of nitrogens with one attached hydrogen (secondary N) is 1. The quantitative estimate of drug-likeness (QED) is 0.715. The lowest BCUT2D eigenvalue weighted by molar-refractivity contribution is -0.143. The molecule has 102 valence electrons. The number of nitrogens with zero attached hydrogens (tertiary/aromatic N) is 1. The molecular weight excluding hydrogens is 277 g/mol. The van der Waals surface area contributed by atoms with Crippen molar-refractivity contribution in [3.05, 3.63) is 27.9 Å². The van der Waals surface area contributed by atoms with Gasteiger partial charge in [0.25, 0.3) is 5.56 Å². The van der Waals surface area contributed by atoms with Gasteiger partial charge in [0.05, 0.1) is 18.0 Å². The standard InChI is InChI=1S/C9H10ClF3N2O3/c10-2-1-4(16)6(17)5-7(9(11,12)13)14-3-15-8(5)18/h3-4,6,16-17H,1-2H2,(H,14,15,18). The number of aromatic nitrogens is 2. The zero-order chi connectivity index (χ0) is 13.9. The molecule has 2 atom stereocenters. The Morgan fingerprint density at radius 1 is 1.44 bits per heavy atom. The lowest BCUT2D eigenvalue weighted by Crippen LogP contribution is -2.30. The van der Waals surface area contributed by atoms with Gasteiger partial charge in [-0.1, -0.05) is 0 Å². The highest BCUT2D eigenvalue weighted by molar-refractivity contribution is 6.17. The fourth-order valence-electron chi connectivity index (χ4n) is 1.37. The molecule has 0 aromatic carbocycles. The lowest BCUT2D eigenvalue weighted by atomic mass is 10.0. The van der Waals surface area contributed by atoms with E-state index in [1.165, 1.54) is 0 Å². The van der Waals surface area contributed by atoms with Crippen molar-refractivity contribution in [1.82, 2.24) is 9.97 Å². The number of aromatic amines is 1. The molecule has 0 bridgehead atoms. The van der Waals surface area contributed by atoms with Gasteiger partial charge >= 0.3 is 6.18 Å². The molecule has 0 spiro atoms. The van der Waals surface area contributed by atoms with Crippen LogP contribution in [0.4, 0.5) is 13.2 Å². The van der Waals surface area contributed by atoms with Crippen LogP contribution in [0, 0.1) is 0 Å². The van der Waals surface area contributed by atoms with Gasteiger partial charge in [0, 0.05) is 5.88 Å². The summed E-state index contributed by atoms with van der Waals surface area (Å²) < 4.78 is 37.8. The topological polar surface area (TPSA) is 86.2 Å². The van der Waals surface area contributed by atoms with Crippen LogP contribution in [-0.2, 0) is 6.18 Å². The van der Waals surface area contributed by atoms with Crippen LogP contribution in [0.1, 0.15) is 23.8 Å². The van der Waals surface area contributed by atoms with Crippen molar-refractivity contribution in [2.45, 2.75) is 24.8 Å². The number of hydrogen-bond donors (Lipinski definition) is 3. The van der Waals surface area contributed by atoms with Crippen molar-refractivity contribution in [3.8, 4) is 0 Å². The molecule has 0 aliphatic heterocycles. The Kier molecular flexibility index (Phi) is 4.71. The molecule has 0 aliphatic carbocycles. The van der Waals surface area contributed by atoms with Crippen LogP contribution in [0.25, 0.3) is 0 Å². The molecule has 0 saturated carbocycles. The molecular formula is C9H10ClF3N2O3. The summed E-state index contributed by atoms with van der Waals surface area (Å²) in [6.45, 7) is 0. The summed E-state index contributed by atoms with van der Waals surface area (Å²) in [6.07, 6.45) is -8.05. The highest BCUT2D eigenvalue weighted by Crippen LogP contribution is 2.32. The molecule has 0 amide bonds. The van der Waals surface area contributed by atoms with Gasteiger partial charge in [-0.05, 0) is 6.42 Å². The van der Waals surface area contributed by atoms with Gasteiger partial charge in [0.1, 0.15) is 6.10 Å². The first-order valence-corrected chi connectivity index (χ1v) is 5.39. The van der Waals surface area contributed by atoms with Crippen LogP contribution in [0.15, 0.2) is 11.1 Å². The van der Waals surface area contributed by atoms with Crippen molar-refractivity contribution in [1.29, 1.82) is 0 Å². The molecule has 0 saturated heterocycles. The maximum atomic E-state index is 12.6. The van der Waals surface area contributed by atoms with Gasteiger partial charge in [-0.25, -0.2) is 4.98 Å². The Morgan fingerprint density at radius 2 is 2.06 bits per heavy atom. The molecule has 1 rings (SSSR count). The maximum Gasteiger partial charge on any atom is 0.433 e. The monoisotopic (exact) mass is 286 g/mol. The summed E-state index contributed by atoms with van der Waals surface area (Å²) in [5, 5.41) is 19.0. The molecule has 1 aromatic heterocycles. The first-order valence-electron chi connectivity index (χ1n) is 4.86. The van der Waals surface area contributed by atoms with E-state index < -0.39 is 35.2 Å². The van der Waals surface area contributed by atoms with E-state index >= 15 is 0 Å². The first-order chi connectivity index (χ1) is 8.29. The minimum absolute atomic E-state index is 0.0717. The molecule has 9 heteroatoms. The van der Waals surface area contributed by atoms with E-state index in [0.717, 1.165) is 0 Å². The van der Waals surface area contributed by atoms with E-state index in [9.17, 15) is 28.2 Å². The molecule has 0 fully saturated rings. The average Bonchev–Trinajstić information content (AvgIpc) is 2.27. The SMILES string of the molecule is O=c1[nH]cnc(C(F)(F)F)c1C(O)C(O)CCCl. The van der Waals surface area contributed by atoms with E-state index in [1.54, 1.807) is 0 Å². The molecule has 0 aliphatic rings. The summed E-state index contributed by atoms with van der Waals surface area (Å²) in [4.78, 5) is 16.2. The highest BCUT2D eigenvalue weighted by Gasteiger charge is 2.39. The molecule has 3 N–H and O–H groups in total. The predicted octanol–water partition coefficient (Wildman–Crippen LogP) is 0.812. The van der Waals surface area contributed by atoms with Crippen LogP contribution in [-0.4, -0.2) is 32.2 Å². The Balaban J connectivity index is 3.26. The van der Waals surface area contributed by atoms with E-state index in [0.29, 0.717) is 6.33 Å². The van der Waals surface area contributed by atoms with Gasteiger partial charge in [-0.15, -0.1) is 11.6 Å². The first kappa shape index (κ1) is 14.9. The zero-order valence-electron chi connectivity index (χ0n) is 8.91. The number of rotatable bonds is 4. The predicted molar refractivity (Wildman–Crippen MR) is 56.2 cm³/mol. The molecule has 5 nitrogen and oxygen atoms in total. The Bertz CT molecular complexity index is 463. The Morgan fingerprint density at radius 3 is 2.56 bits per heavy atom. The van der Waals surface area contributed by atoms with Crippen molar-refractivity contribution >= 4 is 11.6 Å². The van der Waals surface area contributed by atoms with Crippen molar-refractivity contribution in [3.63, 3.8) is 0 Å². The second kappa shape index (κ2) is 5.68. The van der Waals surface area contributed by atoms with Gasteiger partial charge in [-0.3, -0.25) is 4.79 Å². The number of aliphatic hydroxyl groups is 2. The van der Waals surface area contributed by atoms with Crippen molar-refractivity contribution < 1.29 is 23.4 Å². The van der Waals surface area contributed by atoms with E-state index in [4.69, 9.17) is 11.6 Å². The summed E-state index contributed by atoms with van der Waals surface area (Å²) in [6, 6.07) is 0. The zero-order valence-corrected chi connectivity index (χ0v) is 9.66. The number of H-pyrrole nitrogens is 1. The average molecular weight is 287 g/mol. The molecule has 1 aromatic rings. The molecule has 2 unspecified atom stereocenters. The van der Waals surface area contributed by atoms with Crippen LogP contribution < -0.4 is 5.56 Å². The largest absolute Gasteiger partial charge is 0.433 e. The number of hydrogen-bond acceptors (Lipinski definition) is 4. The van der Waals surface area contributed by atoms with E-state index in [1.807, 2.05) is 4.98 Å². The van der Waals surface area contributed by atoms with Crippen LogP contribution in [0.2, 0.25) is 0 Å². The molecule has 18 heavy (non-hydrogen) atoms. The molecule has 1 heterocycles. The second-order valence-corrected chi connectivity index (χ2v) is 3.86. The van der Waals surface area contributed by atoms with Crippen LogP contribution in [0.5, 0.6) is 0 Å². The molecule has 0 radical (unpaired) electrons. The number of aliphatic hydroxyl groups excluding tert-OH is 2. The smallest absolute Gasteiger partial charge is 0.390 e. The fraction of sp³-hybridized carbons (Fsp3) is 0.556. The Labute approximate surface area is 104 Å². The van der Waals surface area contributed by atoms with Crippen molar-refractivity contribution in [2.24, 2.45) is 0 Å². The fourth-order valence-corrected chi connectivity index (χ4v) is 1.60. The summed E-state index contributed by atoms with van der Waals surface area (Å²) >= 11 is 5.30. The van der Waals surface area contributed by atoms with Gasteiger partial charge in [0.15, 0.2) is 5.69 Å². The van der Waals surface area contributed by atoms with Gasteiger partial charge in [0.2, 0.25) is 0 Å². The highest BCUT2D eigenvalue weighted by atomic mass is 35.5. The lowest BCUT2D eigenvalue weighted by Gasteiger charge is -2.19. The summed E-state index contributed by atoms with van der Waals surface area (Å²) in [5.74, 6) is -0.0717. The number of halogens is 4. The van der Waals surface area contributed by atoms with Gasteiger partial charge < -0.3 is 15.2 Å².